The quantitative estimate of drug-likeness (QED) is 0.689. The Bertz CT molecular complexity index is 689. The number of ether oxygens (including phenoxy) is 1. The molecule has 0 radical (unpaired) electrons. The van der Waals surface area contributed by atoms with Crippen LogP contribution in [0, 0.1) is 5.82 Å². The summed E-state index contributed by atoms with van der Waals surface area (Å²) in [5.74, 6) is 0.913. The van der Waals surface area contributed by atoms with Gasteiger partial charge in [0, 0.05) is 11.6 Å². The predicted molar refractivity (Wildman–Crippen MR) is 66.0 cm³/mol. The largest absolute Gasteiger partial charge is 0.497 e. The van der Waals surface area contributed by atoms with Crippen LogP contribution in [0.4, 0.5) is 4.39 Å². The van der Waals surface area contributed by atoms with Crippen LogP contribution >= 0.6 is 0 Å². The Balaban J connectivity index is 2.07. The number of oxazole rings is 1. The van der Waals surface area contributed by atoms with Crippen molar-refractivity contribution in [3.8, 4) is 17.2 Å². The highest BCUT2D eigenvalue weighted by molar-refractivity contribution is 5.76. The number of methoxy groups -OCH3 is 1. The molecule has 0 aliphatic rings. The number of fused-ring (bicyclic) bond motifs is 1. The first-order valence-corrected chi connectivity index (χ1v) is 5.47. The van der Waals surface area contributed by atoms with Gasteiger partial charge in [0.2, 0.25) is 5.89 Å². The second kappa shape index (κ2) is 4.14. The molecule has 0 aliphatic heterocycles. The second-order valence-corrected chi connectivity index (χ2v) is 3.86. The van der Waals surface area contributed by atoms with Crippen molar-refractivity contribution in [3.05, 3.63) is 48.3 Å². The normalized spacial score (nSPS) is 10.8. The van der Waals surface area contributed by atoms with Crippen LogP contribution in [0.1, 0.15) is 0 Å². The summed E-state index contributed by atoms with van der Waals surface area (Å²) in [5, 5.41) is 0. The molecular weight excluding hydrogens is 233 g/mol. The Morgan fingerprint density at radius 1 is 1.11 bits per heavy atom. The van der Waals surface area contributed by atoms with Gasteiger partial charge in [-0.3, -0.25) is 0 Å². The fraction of sp³-hybridized carbons (Fsp3) is 0.0714. The van der Waals surface area contributed by atoms with Gasteiger partial charge in [-0.1, -0.05) is 0 Å². The summed E-state index contributed by atoms with van der Waals surface area (Å²) in [6.45, 7) is 0. The summed E-state index contributed by atoms with van der Waals surface area (Å²) in [4.78, 5) is 4.25. The van der Waals surface area contributed by atoms with Crippen molar-refractivity contribution >= 4 is 11.1 Å². The smallest absolute Gasteiger partial charge is 0.227 e. The van der Waals surface area contributed by atoms with Crippen molar-refractivity contribution in [1.29, 1.82) is 0 Å². The Labute approximate surface area is 103 Å². The van der Waals surface area contributed by atoms with Gasteiger partial charge in [-0.05, 0) is 36.4 Å². The molecule has 0 spiro atoms. The maximum absolute atomic E-state index is 13.0. The Morgan fingerprint density at radius 2 is 1.89 bits per heavy atom. The molecule has 1 aromatic heterocycles. The van der Waals surface area contributed by atoms with E-state index in [0.29, 0.717) is 17.0 Å². The van der Waals surface area contributed by atoms with Crippen molar-refractivity contribution < 1.29 is 13.5 Å². The van der Waals surface area contributed by atoms with Crippen molar-refractivity contribution in [2.45, 2.75) is 0 Å². The van der Waals surface area contributed by atoms with Gasteiger partial charge in [0.25, 0.3) is 0 Å². The molecule has 90 valence electrons. The maximum atomic E-state index is 13.0. The molecule has 3 nitrogen and oxygen atoms in total. The minimum Gasteiger partial charge on any atom is -0.497 e. The van der Waals surface area contributed by atoms with E-state index in [4.69, 9.17) is 9.15 Å². The number of rotatable bonds is 2. The lowest BCUT2D eigenvalue weighted by atomic mass is 10.2. The third-order valence-electron chi connectivity index (χ3n) is 2.69. The number of halogens is 1. The summed E-state index contributed by atoms with van der Waals surface area (Å²) < 4.78 is 23.7. The molecular formula is C14H10FNO2. The lowest BCUT2D eigenvalue weighted by Gasteiger charge is -1.99. The van der Waals surface area contributed by atoms with Gasteiger partial charge >= 0.3 is 0 Å². The maximum Gasteiger partial charge on any atom is 0.227 e. The van der Waals surface area contributed by atoms with Gasteiger partial charge in [0.15, 0.2) is 5.58 Å². The zero-order chi connectivity index (χ0) is 12.5. The molecule has 0 unspecified atom stereocenters. The molecule has 2 aromatic carbocycles. The van der Waals surface area contributed by atoms with Crippen molar-refractivity contribution in [1.82, 2.24) is 4.98 Å². The number of benzene rings is 2. The minimum atomic E-state index is -0.322. The van der Waals surface area contributed by atoms with Crippen LogP contribution in [-0.2, 0) is 0 Å². The molecule has 0 saturated heterocycles. The monoisotopic (exact) mass is 243 g/mol. The molecule has 0 atom stereocenters. The summed E-state index contributed by atoms with van der Waals surface area (Å²) in [5.41, 5.74) is 1.91. The number of nitrogens with zero attached hydrogens (tertiary/aromatic N) is 1. The summed E-state index contributed by atoms with van der Waals surface area (Å²) in [6.07, 6.45) is 0. The molecule has 18 heavy (non-hydrogen) atoms. The molecule has 1 heterocycles. The number of hydrogen-bond donors (Lipinski definition) is 0. The first-order chi connectivity index (χ1) is 8.76. The second-order valence-electron chi connectivity index (χ2n) is 3.86. The van der Waals surface area contributed by atoms with Crippen LogP contribution in [0.15, 0.2) is 46.9 Å². The third-order valence-corrected chi connectivity index (χ3v) is 2.69. The van der Waals surface area contributed by atoms with E-state index in [0.717, 1.165) is 11.3 Å². The van der Waals surface area contributed by atoms with Gasteiger partial charge in [-0.2, -0.15) is 0 Å². The van der Waals surface area contributed by atoms with Crippen molar-refractivity contribution in [3.63, 3.8) is 0 Å². The van der Waals surface area contributed by atoms with E-state index in [-0.39, 0.29) is 5.82 Å². The number of aromatic nitrogens is 1. The molecule has 0 fully saturated rings. The van der Waals surface area contributed by atoms with Crippen LogP contribution in [0.2, 0.25) is 0 Å². The van der Waals surface area contributed by atoms with Crippen molar-refractivity contribution in [2.24, 2.45) is 0 Å². The zero-order valence-electron chi connectivity index (χ0n) is 9.68. The summed E-state index contributed by atoms with van der Waals surface area (Å²) in [6, 6.07) is 11.6. The Morgan fingerprint density at radius 3 is 2.61 bits per heavy atom. The first-order valence-electron chi connectivity index (χ1n) is 5.47. The predicted octanol–water partition coefficient (Wildman–Crippen LogP) is 3.64. The van der Waals surface area contributed by atoms with E-state index in [1.54, 1.807) is 13.2 Å². The first kappa shape index (κ1) is 10.8. The molecule has 3 rings (SSSR count). The standard InChI is InChI=1S/C14H10FNO2/c1-17-11-5-2-9(3-6-11)14-16-12-8-10(15)4-7-13(12)18-14/h2-8H,1H3. The third kappa shape index (κ3) is 1.82. The van der Waals surface area contributed by atoms with E-state index in [2.05, 4.69) is 4.98 Å². The topological polar surface area (TPSA) is 35.3 Å². The average Bonchev–Trinajstić information content (AvgIpc) is 2.81. The molecule has 0 saturated carbocycles. The minimum absolute atomic E-state index is 0.322. The fourth-order valence-corrected chi connectivity index (χ4v) is 1.76. The average molecular weight is 243 g/mol. The molecule has 4 heteroatoms. The van der Waals surface area contributed by atoms with Gasteiger partial charge < -0.3 is 9.15 Å². The fourth-order valence-electron chi connectivity index (χ4n) is 1.76. The van der Waals surface area contributed by atoms with Gasteiger partial charge in [0.05, 0.1) is 7.11 Å². The SMILES string of the molecule is COc1ccc(-c2nc3cc(F)ccc3o2)cc1. The summed E-state index contributed by atoms with van der Waals surface area (Å²) in [7, 11) is 1.61. The van der Waals surface area contributed by atoms with Gasteiger partial charge in [-0.25, -0.2) is 9.37 Å². The van der Waals surface area contributed by atoms with Crippen LogP contribution in [0.3, 0.4) is 0 Å². The van der Waals surface area contributed by atoms with Gasteiger partial charge in [0.1, 0.15) is 17.1 Å². The lowest BCUT2D eigenvalue weighted by molar-refractivity contribution is 0.415. The molecule has 0 bridgehead atoms. The van der Waals surface area contributed by atoms with E-state index >= 15 is 0 Å². The Hall–Kier alpha value is -2.36. The molecule has 0 amide bonds. The summed E-state index contributed by atoms with van der Waals surface area (Å²) >= 11 is 0. The van der Waals surface area contributed by atoms with Gasteiger partial charge in [-0.15, -0.1) is 0 Å². The van der Waals surface area contributed by atoms with E-state index < -0.39 is 0 Å². The van der Waals surface area contributed by atoms with E-state index in [1.165, 1.54) is 12.1 Å². The highest BCUT2D eigenvalue weighted by Gasteiger charge is 2.08. The van der Waals surface area contributed by atoms with E-state index in [9.17, 15) is 4.39 Å². The molecule has 3 aromatic rings. The van der Waals surface area contributed by atoms with Crippen LogP contribution < -0.4 is 4.74 Å². The molecule has 0 aliphatic carbocycles. The van der Waals surface area contributed by atoms with Crippen molar-refractivity contribution in [2.75, 3.05) is 7.11 Å². The van der Waals surface area contributed by atoms with Crippen LogP contribution in [-0.4, -0.2) is 12.1 Å². The Kier molecular flexibility index (Phi) is 2.48. The van der Waals surface area contributed by atoms with E-state index in [1.807, 2.05) is 24.3 Å². The highest BCUT2D eigenvalue weighted by atomic mass is 19.1. The van der Waals surface area contributed by atoms with Crippen LogP contribution in [0.5, 0.6) is 5.75 Å². The van der Waals surface area contributed by atoms with Crippen LogP contribution in [0.25, 0.3) is 22.6 Å². The molecule has 0 N–H and O–H groups in total. The highest BCUT2D eigenvalue weighted by Crippen LogP contribution is 2.26. The number of hydrogen-bond acceptors (Lipinski definition) is 3. The lowest BCUT2D eigenvalue weighted by Crippen LogP contribution is -1.82. The zero-order valence-corrected chi connectivity index (χ0v) is 9.68.